The summed E-state index contributed by atoms with van der Waals surface area (Å²) < 4.78 is 0. The van der Waals surface area contributed by atoms with Gasteiger partial charge in [-0.2, -0.15) is 0 Å². The molecule has 0 radical (unpaired) electrons. The van der Waals surface area contributed by atoms with Gasteiger partial charge in [-0.3, -0.25) is 14.5 Å². The van der Waals surface area contributed by atoms with Crippen LogP contribution in [0.2, 0.25) is 0 Å². The van der Waals surface area contributed by atoms with Crippen LogP contribution in [0.3, 0.4) is 0 Å². The highest BCUT2D eigenvalue weighted by molar-refractivity contribution is 6.21. The number of nitrogens with one attached hydrogen (secondary N) is 2. The normalized spacial score (nSPS) is 13.3. The molecule has 0 atom stereocenters. The van der Waals surface area contributed by atoms with E-state index in [0.717, 1.165) is 0 Å². The minimum atomic E-state index is -0.393. The van der Waals surface area contributed by atoms with Crippen molar-refractivity contribution in [1.82, 2.24) is 10.2 Å². The van der Waals surface area contributed by atoms with Crippen LogP contribution in [0.5, 0.6) is 0 Å². The highest BCUT2D eigenvalue weighted by Gasteiger charge is 2.35. The van der Waals surface area contributed by atoms with Gasteiger partial charge in [0.05, 0.1) is 11.1 Å². The smallest absolute Gasteiger partial charge is 0.319 e. The molecular formula is C16H19N3O3. The van der Waals surface area contributed by atoms with Crippen LogP contribution in [0.15, 0.2) is 30.9 Å². The zero-order chi connectivity index (χ0) is 16.3. The number of carbonyl (C=O) groups excluding carboxylic acids is 3. The molecule has 1 aliphatic heterocycles. The lowest BCUT2D eigenvalue weighted by atomic mass is 10.1. The van der Waals surface area contributed by atoms with Crippen LogP contribution in [0.1, 0.15) is 34.6 Å². The van der Waals surface area contributed by atoms with E-state index in [2.05, 4.69) is 17.2 Å². The molecule has 22 heavy (non-hydrogen) atoms. The molecular weight excluding hydrogens is 282 g/mol. The molecule has 2 N–H and O–H groups in total. The van der Waals surface area contributed by atoms with Crippen molar-refractivity contribution >= 4 is 23.5 Å². The third-order valence-electron chi connectivity index (χ3n) is 3.18. The number of carbonyl (C=O) groups is 3. The van der Waals surface area contributed by atoms with Crippen molar-refractivity contribution in [3.63, 3.8) is 0 Å². The molecule has 1 aliphatic rings. The summed E-state index contributed by atoms with van der Waals surface area (Å²) in [6.07, 6.45) is 1.56. The SMILES string of the molecule is C=CCNC(=O)Nc1ccc2c(c1)C(=O)N(CC(C)C)C2=O. The predicted molar refractivity (Wildman–Crippen MR) is 83.9 cm³/mol. The van der Waals surface area contributed by atoms with Crippen molar-refractivity contribution < 1.29 is 14.4 Å². The zero-order valence-corrected chi connectivity index (χ0v) is 12.7. The number of rotatable bonds is 5. The van der Waals surface area contributed by atoms with Crippen molar-refractivity contribution in [3.8, 4) is 0 Å². The number of fused-ring (bicyclic) bond motifs is 1. The van der Waals surface area contributed by atoms with Gasteiger partial charge in [0.1, 0.15) is 0 Å². The molecule has 1 aromatic rings. The molecule has 0 unspecified atom stereocenters. The summed E-state index contributed by atoms with van der Waals surface area (Å²) in [5.74, 6) is -0.398. The molecule has 0 fully saturated rings. The Kier molecular flexibility index (Phi) is 4.60. The molecule has 0 saturated carbocycles. The zero-order valence-electron chi connectivity index (χ0n) is 12.7. The van der Waals surface area contributed by atoms with Gasteiger partial charge in [0.2, 0.25) is 0 Å². The molecule has 1 aromatic carbocycles. The van der Waals surface area contributed by atoms with E-state index in [1.54, 1.807) is 18.2 Å². The Balaban J connectivity index is 2.18. The van der Waals surface area contributed by atoms with Crippen LogP contribution in [0.25, 0.3) is 0 Å². The minimum absolute atomic E-state index is 0.199. The Morgan fingerprint density at radius 1 is 1.27 bits per heavy atom. The van der Waals surface area contributed by atoms with E-state index >= 15 is 0 Å². The van der Waals surface area contributed by atoms with E-state index in [0.29, 0.717) is 29.9 Å². The van der Waals surface area contributed by atoms with Crippen LogP contribution in [-0.2, 0) is 0 Å². The first kappa shape index (κ1) is 15.8. The van der Waals surface area contributed by atoms with Crippen LogP contribution in [-0.4, -0.2) is 35.8 Å². The summed E-state index contributed by atoms with van der Waals surface area (Å²) in [6.45, 7) is 8.12. The highest BCUT2D eigenvalue weighted by Crippen LogP contribution is 2.26. The molecule has 0 aliphatic carbocycles. The number of imide groups is 1. The van der Waals surface area contributed by atoms with Gasteiger partial charge in [0.25, 0.3) is 11.8 Å². The Bertz CT molecular complexity index is 638. The van der Waals surface area contributed by atoms with Gasteiger partial charge < -0.3 is 10.6 Å². The molecule has 116 valence electrons. The first-order valence-electron chi connectivity index (χ1n) is 7.10. The first-order chi connectivity index (χ1) is 10.4. The lowest BCUT2D eigenvalue weighted by molar-refractivity contribution is 0.0636. The number of hydrogen-bond donors (Lipinski definition) is 2. The second-order valence-electron chi connectivity index (χ2n) is 5.50. The van der Waals surface area contributed by atoms with Gasteiger partial charge >= 0.3 is 6.03 Å². The Morgan fingerprint density at radius 3 is 2.59 bits per heavy atom. The summed E-state index contributed by atoms with van der Waals surface area (Å²) in [7, 11) is 0. The maximum absolute atomic E-state index is 12.3. The number of amides is 4. The van der Waals surface area contributed by atoms with Crippen molar-refractivity contribution in [3.05, 3.63) is 42.0 Å². The van der Waals surface area contributed by atoms with Gasteiger partial charge in [-0.05, 0) is 24.1 Å². The van der Waals surface area contributed by atoms with Gasteiger partial charge in [-0.25, -0.2) is 4.79 Å². The van der Waals surface area contributed by atoms with Crippen molar-refractivity contribution in [2.75, 3.05) is 18.4 Å². The van der Waals surface area contributed by atoms with Gasteiger partial charge in [-0.1, -0.05) is 19.9 Å². The summed E-state index contributed by atoms with van der Waals surface area (Å²) in [4.78, 5) is 37.4. The standard InChI is InChI=1S/C16H19N3O3/c1-4-7-17-16(22)18-11-5-6-12-13(8-11)15(21)19(14(12)20)9-10(2)3/h4-6,8,10H,1,7,9H2,2-3H3,(H2,17,18,22). The fourth-order valence-electron chi connectivity index (χ4n) is 2.24. The predicted octanol–water partition coefficient (Wildman–Crippen LogP) is 2.25. The number of benzene rings is 1. The minimum Gasteiger partial charge on any atom is -0.334 e. The first-order valence-corrected chi connectivity index (χ1v) is 7.10. The molecule has 4 amide bonds. The topological polar surface area (TPSA) is 78.5 Å². The van der Waals surface area contributed by atoms with E-state index in [9.17, 15) is 14.4 Å². The number of nitrogens with zero attached hydrogens (tertiary/aromatic N) is 1. The molecule has 0 aromatic heterocycles. The third-order valence-corrected chi connectivity index (χ3v) is 3.18. The monoisotopic (exact) mass is 301 g/mol. The Morgan fingerprint density at radius 2 is 1.95 bits per heavy atom. The van der Waals surface area contributed by atoms with E-state index < -0.39 is 6.03 Å². The highest BCUT2D eigenvalue weighted by atomic mass is 16.2. The third kappa shape index (κ3) is 3.16. The summed E-state index contributed by atoms with van der Waals surface area (Å²) in [5.41, 5.74) is 1.17. The Labute approximate surface area is 129 Å². The lowest BCUT2D eigenvalue weighted by Crippen LogP contribution is -2.33. The molecule has 0 saturated heterocycles. The van der Waals surface area contributed by atoms with Crippen molar-refractivity contribution in [1.29, 1.82) is 0 Å². The molecule has 6 heteroatoms. The second-order valence-corrected chi connectivity index (χ2v) is 5.50. The van der Waals surface area contributed by atoms with E-state index in [1.807, 2.05) is 13.8 Å². The largest absolute Gasteiger partial charge is 0.334 e. The quantitative estimate of drug-likeness (QED) is 0.646. The maximum atomic E-state index is 12.3. The average molecular weight is 301 g/mol. The molecule has 2 rings (SSSR count). The Hall–Kier alpha value is -2.63. The number of urea groups is 1. The van der Waals surface area contributed by atoms with Crippen LogP contribution in [0, 0.1) is 5.92 Å². The van der Waals surface area contributed by atoms with E-state index in [4.69, 9.17) is 0 Å². The van der Waals surface area contributed by atoms with Crippen LogP contribution in [0.4, 0.5) is 10.5 Å². The van der Waals surface area contributed by atoms with Crippen molar-refractivity contribution in [2.45, 2.75) is 13.8 Å². The number of hydrogen-bond acceptors (Lipinski definition) is 3. The lowest BCUT2D eigenvalue weighted by Gasteiger charge is -2.15. The second kappa shape index (κ2) is 6.43. The van der Waals surface area contributed by atoms with Gasteiger partial charge in [0, 0.05) is 18.8 Å². The van der Waals surface area contributed by atoms with Gasteiger partial charge in [0.15, 0.2) is 0 Å². The van der Waals surface area contributed by atoms with Crippen molar-refractivity contribution in [2.24, 2.45) is 5.92 Å². The molecule has 0 bridgehead atoms. The van der Waals surface area contributed by atoms with E-state index in [1.165, 1.54) is 11.0 Å². The fourth-order valence-corrected chi connectivity index (χ4v) is 2.24. The fraction of sp³-hybridized carbons (Fsp3) is 0.312. The summed E-state index contributed by atoms with van der Waals surface area (Å²) in [5, 5.41) is 5.19. The summed E-state index contributed by atoms with van der Waals surface area (Å²) >= 11 is 0. The molecule has 0 spiro atoms. The van der Waals surface area contributed by atoms with Crippen LogP contribution < -0.4 is 10.6 Å². The maximum Gasteiger partial charge on any atom is 0.319 e. The van der Waals surface area contributed by atoms with Crippen LogP contribution >= 0.6 is 0 Å². The molecule has 6 nitrogen and oxygen atoms in total. The number of anilines is 1. The van der Waals surface area contributed by atoms with E-state index in [-0.39, 0.29) is 17.7 Å². The molecule has 1 heterocycles. The summed E-state index contributed by atoms with van der Waals surface area (Å²) in [6, 6.07) is 4.31. The average Bonchev–Trinajstić information content (AvgIpc) is 2.69. The van der Waals surface area contributed by atoms with Gasteiger partial charge in [-0.15, -0.1) is 6.58 Å².